The molecule has 5 fully saturated rings. The topological polar surface area (TPSA) is 116 Å². The van der Waals surface area contributed by atoms with Crippen molar-refractivity contribution >= 4 is 46.8 Å². The predicted octanol–water partition coefficient (Wildman–Crippen LogP) is 0.438. The van der Waals surface area contributed by atoms with Crippen molar-refractivity contribution in [2.45, 2.75) is 84.7 Å². The van der Waals surface area contributed by atoms with Gasteiger partial charge in [0.2, 0.25) is 11.8 Å². The molecule has 12 atom stereocenters. The zero-order valence-corrected chi connectivity index (χ0v) is 24.7. The highest BCUT2D eigenvalue weighted by Crippen LogP contribution is 2.38. The van der Waals surface area contributed by atoms with Crippen molar-refractivity contribution < 1.29 is 19.1 Å². The van der Waals surface area contributed by atoms with E-state index in [0.717, 1.165) is 19.3 Å². The standard InChI is InChI=1S/C25H42Cl2N6O4S/c1-12-6-13(14-7-21(27)29-9-19(14)36-2)15(8-28-12)22(34)32-25-31-18-10-33(11-20(18)38-25)24(35)17-5-4-16(26)23(30-17)37-3/h12-21,23,25,28-31H,4-11H2,1-3H3,(H,32,34). The van der Waals surface area contributed by atoms with Gasteiger partial charge in [-0.2, -0.15) is 0 Å². The number of amides is 2. The molecular weight excluding hydrogens is 551 g/mol. The third-order valence-electron chi connectivity index (χ3n) is 9.02. The quantitative estimate of drug-likeness (QED) is 0.221. The molecule has 10 nitrogen and oxygen atoms in total. The molecule has 5 saturated heterocycles. The molecule has 5 N–H and O–H groups in total. The Kier molecular flexibility index (Phi) is 9.70. The minimum Gasteiger partial charge on any atom is -0.380 e. The molecule has 13 heteroatoms. The first-order valence-electron chi connectivity index (χ1n) is 13.8. The number of fused-ring (bicyclic) bond motifs is 1. The second kappa shape index (κ2) is 12.7. The van der Waals surface area contributed by atoms with Gasteiger partial charge in [-0.3, -0.25) is 25.5 Å². The Morgan fingerprint density at radius 2 is 1.82 bits per heavy atom. The highest BCUT2D eigenvalue weighted by atomic mass is 35.5. The van der Waals surface area contributed by atoms with Crippen molar-refractivity contribution in [2.24, 2.45) is 17.8 Å². The molecule has 0 saturated carbocycles. The first-order chi connectivity index (χ1) is 18.3. The summed E-state index contributed by atoms with van der Waals surface area (Å²) < 4.78 is 11.2. The van der Waals surface area contributed by atoms with Gasteiger partial charge in [0, 0.05) is 57.7 Å². The smallest absolute Gasteiger partial charge is 0.239 e. The number of hydrogen-bond acceptors (Lipinski definition) is 9. The molecule has 5 heterocycles. The fourth-order valence-corrected chi connectivity index (χ4v) is 8.94. The Morgan fingerprint density at radius 3 is 2.55 bits per heavy atom. The molecule has 12 unspecified atom stereocenters. The van der Waals surface area contributed by atoms with Crippen LogP contribution in [-0.2, 0) is 19.1 Å². The van der Waals surface area contributed by atoms with Gasteiger partial charge in [0.25, 0.3) is 0 Å². The van der Waals surface area contributed by atoms with Crippen LogP contribution in [0.5, 0.6) is 0 Å². The SMILES string of the molecule is COC1CNC(Cl)CC1C1CC(C)NCC1C(=O)NC1NC2CN(C(=O)C3CCC(Cl)C(OC)N3)CC2S1. The molecule has 0 aromatic carbocycles. The largest absolute Gasteiger partial charge is 0.380 e. The maximum absolute atomic E-state index is 13.6. The second-order valence-corrected chi connectivity index (χ2v) is 13.8. The first-order valence-corrected chi connectivity index (χ1v) is 15.7. The lowest BCUT2D eigenvalue weighted by molar-refractivity contribution is -0.135. The van der Waals surface area contributed by atoms with Crippen molar-refractivity contribution in [3.05, 3.63) is 0 Å². The van der Waals surface area contributed by atoms with E-state index in [0.29, 0.717) is 38.6 Å². The molecule has 0 bridgehead atoms. The van der Waals surface area contributed by atoms with E-state index < -0.39 is 0 Å². The number of likely N-dealkylation sites (tertiary alicyclic amines) is 1. The molecule has 2 amide bonds. The summed E-state index contributed by atoms with van der Waals surface area (Å²) >= 11 is 14.5. The average Bonchev–Trinajstić information content (AvgIpc) is 3.47. The van der Waals surface area contributed by atoms with E-state index in [2.05, 4.69) is 33.5 Å². The van der Waals surface area contributed by atoms with Crippen LogP contribution >= 0.6 is 35.0 Å². The molecule has 0 radical (unpaired) electrons. The summed E-state index contributed by atoms with van der Waals surface area (Å²) in [5.74, 6) is 0.455. The van der Waals surface area contributed by atoms with Crippen molar-refractivity contribution in [3.63, 3.8) is 0 Å². The summed E-state index contributed by atoms with van der Waals surface area (Å²) in [5, 5.41) is 17.0. The molecule has 38 heavy (non-hydrogen) atoms. The van der Waals surface area contributed by atoms with Gasteiger partial charge in [-0.15, -0.1) is 35.0 Å². The molecule has 216 valence electrons. The summed E-state index contributed by atoms with van der Waals surface area (Å²) in [6.45, 7) is 4.83. The van der Waals surface area contributed by atoms with E-state index >= 15 is 0 Å². The van der Waals surface area contributed by atoms with Crippen molar-refractivity contribution in [1.29, 1.82) is 0 Å². The predicted molar refractivity (Wildman–Crippen MR) is 149 cm³/mol. The number of rotatable bonds is 6. The lowest BCUT2D eigenvalue weighted by Gasteiger charge is -2.45. The minimum absolute atomic E-state index is 0.0469. The van der Waals surface area contributed by atoms with Gasteiger partial charge in [-0.1, -0.05) is 0 Å². The fraction of sp³-hybridized carbons (Fsp3) is 0.920. The number of ether oxygens (including phenoxy) is 2. The monoisotopic (exact) mass is 592 g/mol. The van der Waals surface area contributed by atoms with Crippen LogP contribution in [0.25, 0.3) is 0 Å². The molecular formula is C25H42Cl2N6O4S. The lowest BCUT2D eigenvalue weighted by Crippen LogP contribution is -2.58. The van der Waals surface area contributed by atoms with E-state index in [4.69, 9.17) is 32.7 Å². The number of piperidine rings is 3. The maximum atomic E-state index is 13.6. The number of nitrogens with zero attached hydrogens (tertiary/aromatic N) is 1. The van der Waals surface area contributed by atoms with Gasteiger partial charge >= 0.3 is 0 Å². The summed E-state index contributed by atoms with van der Waals surface area (Å²) in [6.07, 6.45) is 2.90. The highest BCUT2D eigenvalue weighted by Gasteiger charge is 2.47. The highest BCUT2D eigenvalue weighted by molar-refractivity contribution is 8.00. The summed E-state index contributed by atoms with van der Waals surface area (Å²) in [5.41, 5.74) is -0.262. The maximum Gasteiger partial charge on any atom is 0.239 e. The summed E-state index contributed by atoms with van der Waals surface area (Å²) in [4.78, 5) is 28.7. The van der Waals surface area contributed by atoms with Crippen molar-refractivity contribution in [3.8, 4) is 0 Å². The van der Waals surface area contributed by atoms with Crippen LogP contribution in [0.1, 0.15) is 32.6 Å². The van der Waals surface area contributed by atoms with Gasteiger partial charge in [0.05, 0.1) is 28.9 Å². The zero-order chi connectivity index (χ0) is 27.0. The van der Waals surface area contributed by atoms with Gasteiger partial charge < -0.3 is 25.0 Å². The van der Waals surface area contributed by atoms with Crippen LogP contribution in [0, 0.1) is 17.8 Å². The van der Waals surface area contributed by atoms with E-state index in [1.54, 1.807) is 26.0 Å². The summed E-state index contributed by atoms with van der Waals surface area (Å²) in [6, 6.07) is 0.225. The van der Waals surface area contributed by atoms with Gasteiger partial charge in [0.1, 0.15) is 11.7 Å². The fourth-order valence-electron chi connectivity index (χ4n) is 6.94. The molecule has 0 spiro atoms. The van der Waals surface area contributed by atoms with E-state index in [-0.39, 0.29) is 75.6 Å². The van der Waals surface area contributed by atoms with Crippen LogP contribution in [0.3, 0.4) is 0 Å². The molecule has 0 aromatic rings. The van der Waals surface area contributed by atoms with Gasteiger partial charge in [-0.05, 0) is 44.4 Å². The Hall–Kier alpha value is -0.370. The minimum atomic E-state index is -0.311. The van der Waals surface area contributed by atoms with Crippen LogP contribution in [0.4, 0.5) is 0 Å². The molecule has 0 aromatic heterocycles. The zero-order valence-electron chi connectivity index (χ0n) is 22.3. The Bertz CT molecular complexity index is 849. The number of hydrogen-bond donors (Lipinski definition) is 5. The molecule has 5 aliphatic heterocycles. The number of halogens is 2. The van der Waals surface area contributed by atoms with E-state index in [1.165, 1.54) is 0 Å². The van der Waals surface area contributed by atoms with Crippen LogP contribution in [0.2, 0.25) is 0 Å². The Morgan fingerprint density at radius 1 is 1.00 bits per heavy atom. The number of carbonyl (C=O) groups excluding carboxylic acids is 2. The second-order valence-electron chi connectivity index (χ2n) is 11.4. The van der Waals surface area contributed by atoms with Crippen LogP contribution in [0.15, 0.2) is 0 Å². The van der Waals surface area contributed by atoms with Crippen molar-refractivity contribution in [2.75, 3.05) is 40.4 Å². The summed E-state index contributed by atoms with van der Waals surface area (Å²) in [7, 11) is 3.35. The number of methoxy groups -OCH3 is 2. The number of nitrogens with one attached hydrogen (secondary N) is 5. The Labute approximate surface area is 239 Å². The third kappa shape index (κ3) is 6.26. The molecule has 5 rings (SSSR count). The molecule has 5 aliphatic rings. The van der Waals surface area contributed by atoms with Gasteiger partial charge in [0.15, 0.2) is 0 Å². The van der Waals surface area contributed by atoms with Crippen LogP contribution in [-0.4, -0.2) is 109 Å². The first kappa shape index (κ1) is 29.1. The van der Waals surface area contributed by atoms with Crippen molar-refractivity contribution in [1.82, 2.24) is 31.5 Å². The number of alkyl halides is 2. The number of carbonyl (C=O) groups is 2. The Balaban J connectivity index is 1.15. The third-order valence-corrected chi connectivity index (χ3v) is 11.2. The lowest BCUT2D eigenvalue weighted by atomic mass is 9.70. The van der Waals surface area contributed by atoms with E-state index in [9.17, 15) is 9.59 Å². The van der Waals surface area contributed by atoms with Crippen LogP contribution < -0.4 is 26.6 Å². The van der Waals surface area contributed by atoms with E-state index in [1.807, 2.05) is 4.90 Å². The number of thioether (sulfide) groups is 1. The van der Waals surface area contributed by atoms with Gasteiger partial charge in [-0.25, -0.2) is 0 Å². The normalized spacial score (nSPS) is 45.6. The average molecular weight is 594 g/mol. The molecule has 0 aliphatic carbocycles.